The molecule has 0 radical (unpaired) electrons. The van der Waals surface area contributed by atoms with Crippen LogP contribution in [0.4, 0.5) is 5.69 Å². The van der Waals surface area contributed by atoms with E-state index in [1.807, 2.05) is 0 Å². The summed E-state index contributed by atoms with van der Waals surface area (Å²) in [6.07, 6.45) is 0. The van der Waals surface area contributed by atoms with Crippen molar-refractivity contribution >= 4 is 52.5 Å². The maximum atomic E-state index is 12.0. The van der Waals surface area contributed by atoms with Crippen molar-refractivity contribution in [3.8, 4) is 0 Å². The minimum absolute atomic E-state index is 0.108. The lowest BCUT2D eigenvalue weighted by molar-refractivity contribution is -0.113. The van der Waals surface area contributed by atoms with Crippen LogP contribution in [0, 0.1) is 0 Å². The standard InChI is InChI=1S/C15H12Cl2N2O2S/c16-10-5-3-6-11(17)14(10)22-8-13(20)19-12-7-2-1-4-9(12)15(18)21/h1-7H,8H2,(H2,18,21)(H,19,20). The Bertz CT molecular complexity index is 702. The third-order valence-corrected chi connectivity index (χ3v) is 4.72. The van der Waals surface area contributed by atoms with E-state index in [1.54, 1.807) is 42.5 Å². The van der Waals surface area contributed by atoms with Crippen molar-refractivity contribution in [2.75, 3.05) is 11.1 Å². The van der Waals surface area contributed by atoms with Gasteiger partial charge in [0.25, 0.3) is 5.91 Å². The Kier molecular flexibility index (Phi) is 5.71. The Hall–Kier alpha value is -1.69. The van der Waals surface area contributed by atoms with E-state index in [1.165, 1.54) is 11.8 Å². The molecule has 0 heterocycles. The number of anilines is 1. The first-order valence-electron chi connectivity index (χ1n) is 6.24. The Morgan fingerprint density at radius 2 is 1.68 bits per heavy atom. The highest BCUT2D eigenvalue weighted by molar-refractivity contribution is 8.00. The number of halogens is 2. The molecule has 0 saturated heterocycles. The summed E-state index contributed by atoms with van der Waals surface area (Å²) >= 11 is 13.3. The first-order valence-corrected chi connectivity index (χ1v) is 7.98. The minimum Gasteiger partial charge on any atom is -0.366 e. The normalized spacial score (nSPS) is 10.3. The fourth-order valence-electron chi connectivity index (χ4n) is 1.75. The highest BCUT2D eigenvalue weighted by atomic mass is 35.5. The predicted molar refractivity (Wildman–Crippen MR) is 90.8 cm³/mol. The molecule has 0 bridgehead atoms. The molecule has 0 fully saturated rings. The SMILES string of the molecule is NC(=O)c1ccccc1NC(=O)CSc1c(Cl)cccc1Cl. The minimum atomic E-state index is -0.599. The topological polar surface area (TPSA) is 72.2 Å². The average molecular weight is 355 g/mol. The predicted octanol–water partition coefficient (Wildman–Crippen LogP) is 3.82. The van der Waals surface area contributed by atoms with E-state index >= 15 is 0 Å². The number of benzene rings is 2. The summed E-state index contributed by atoms with van der Waals surface area (Å²) in [5.41, 5.74) is 5.91. The maximum Gasteiger partial charge on any atom is 0.250 e. The molecule has 0 atom stereocenters. The van der Waals surface area contributed by atoms with Gasteiger partial charge >= 0.3 is 0 Å². The molecule has 4 nitrogen and oxygen atoms in total. The zero-order valence-electron chi connectivity index (χ0n) is 11.3. The molecule has 0 aromatic heterocycles. The molecule has 0 spiro atoms. The first kappa shape index (κ1) is 16.7. The third-order valence-electron chi connectivity index (χ3n) is 2.73. The lowest BCUT2D eigenvalue weighted by Crippen LogP contribution is -2.19. The van der Waals surface area contributed by atoms with Crippen molar-refractivity contribution < 1.29 is 9.59 Å². The van der Waals surface area contributed by atoms with E-state index in [9.17, 15) is 9.59 Å². The van der Waals surface area contributed by atoms with Crippen molar-refractivity contribution in [1.82, 2.24) is 0 Å². The lowest BCUT2D eigenvalue weighted by atomic mass is 10.1. The van der Waals surface area contributed by atoms with Crippen LogP contribution < -0.4 is 11.1 Å². The summed E-state index contributed by atoms with van der Waals surface area (Å²) in [7, 11) is 0. The van der Waals surface area contributed by atoms with Gasteiger partial charge in [-0.2, -0.15) is 0 Å². The van der Waals surface area contributed by atoms with E-state index in [0.29, 0.717) is 20.6 Å². The van der Waals surface area contributed by atoms with Gasteiger partial charge < -0.3 is 11.1 Å². The Balaban J connectivity index is 2.04. The number of amides is 2. The van der Waals surface area contributed by atoms with Gasteiger partial charge in [-0.25, -0.2) is 0 Å². The fraction of sp³-hybridized carbons (Fsp3) is 0.0667. The van der Waals surface area contributed by atoms with Gasteiger partial charge in [-0.15, -0.1) is 11.8 Å². The molecule has 22 heavy (non-hydrogen) atoms. The molecule has 2 aromatic carbocycles. The number of carbonyl (C=O) groups excluding carboxylic acids is 2. The van der Waals surface area contributed by atoms with E-state index in [0.717, 1.165) is 0 Å². The smallest absolute Gasteiger partial charge is 0.250 e. The highest BCUT2D eigenvalue weighted by Gasteiger charge is 2.12. The second-order valence-electron chi connectivity index (χ2n) is 4.30. The second-order valence-corrected chi connectivity index (χ2v) is 6.10. The van der Waals surface area contributed by atoms with Crippen molar-refractivity contribution in [2.24, 2.45) is 5.73 Å². The molecule has 0 aliphatic rings. The number of hydrogen-bond donors (Lipinski definition) is 2. The molecule has 0 saturated carbocycles. The van der Waals surface area contributed by atoms with Gasteiger partial charge in [-0.05, 0) is 24.3 Å². The van der Waals surface area contributed by atoms with Crippen LogP contribution >= 0.6 is 35.0 Å². The van der Waals surface area contributed by atoms with Crippen molar-refractivity contribution in [1.29, 1.82) is 0 Å². The van der Waals surface area contributed by atoms with Crippen molar-refractivity contribution in [3.63, 3.8) is 0 Å². The van der Waals surface area contributed by atoms with Crippen LogP contribution in [0.15, 0.2) is 47.4 Å². The van der Waals surface area contributed by atoms with Crippen LogP contribution in [-0.2, 0) is 4.79 Å². The zero-order chi connectivity index (χ0) is 16.1. The molecular weight excluding hydrogens is 343 g/mol. The number of nitrogens with two attached hydrogens (primary N) is 1. The lowest BCUT2D eigenvalue weighted by Gasteiger charge is -2.09. The van der Waals surface area contributed by atoms with Gasteiger partial charge in [0.1, 0.15) is 0 Å². The monoisotopic (exact) mass is 354 g/mol. The molecule has 3 N–H and O–H groups in total. The molecule has 114 valence electrons. The van der Waals surface area contributed by atoms with E-state index in [4.69, 9.17) is 28.9 Å². The molecule has 0 unspecified atom stereocenters. The molecule has 2 rings (SSSR count). The maximum absolute atomic E-state index is 12.0. The summed E-state index contributed by atoms with van der Waals surface area (Å²) in [6, 6.07) is 11.7. The van der Waals surface area contributed by atoms with Gasteiger partial charge in [0.2, 0.25) is 5.91 Å². The molecule has 2 aromatic rings. The number of hydrogen-bond acceptors (Lipinski definition) is 3. The molecular formula is C15H12Cl2N2O2S. The van der Waals surface area contributed by atoms with Crippen molar-refractivity contribution in [2.45, 2.75) is 4.90 Å². The van der Waals surface area contributed by atoms with Gasteiger partial charge in [-0.1, -0.05) is 41.4 Å². The van der Waals surface area contributed by atoms with Gasteiger partial charge in [0.05, 0.1) is 27.0 Å². The van der Waals surface area contributed by atoms with E-state index < -0.39 is 5.91 Å². The van der Waals surface area contributed by atoms with Crippen LogP contribution in [0.2, 0.25) is 10.0 Å². The third kappa shape index (κ3) is 4.16. The van der Waals surface area contributed by atoms with Gasteiger partial charge in [0, 0.05) is 4.90 Å². The highest BCUT2D eigenvalue weighted by Crippen LogP contribution is 2.33. The summed E-state index contributed by atoms with van der Waals surface area (Å²) in [4.78, 5) is 24.0. The average Bonchev–Trinajstić information content (AvgIpc) is 2.47. The largest absolute Gasteiger partial charge is 0.366 e. The second kappa shape index (κ2) is 7.54. The van der Waals surface area contributed by atoms with Crippen LogP contribution in [0.3, 0.4) is 0 Å². The van der Waals surface area contributed by atoms with E-state index in [2.05, 4.69) is 5.32 Å². The van der Waals surface area contributed by atoms with Crippen LogP contribution in [0.1, 0.15) is 10.4 Å². The zero-order valence-corrected chi connectivity index (χ0v) is 13.6. The first-order chi connectivity index (χ1) is 10.5. The fourth-order valence-corrected chi connectivity index (χ4v) is 3.24. The van der Waals surface area contributed by atoms with Crippen LogP contribution in [0.25, 0.3) is 0 Å². The van der Waals surface area contributed by atoms with E-state index in [-0.39, 0.29) is 17.2 Å². The molecule has 2 amide bonds. The number of rotatable bonds is 5. The number of primary amides is 1. The van der Waals surface area contributed by atoms with Crippen molar-refractivity contribution in [3.05, 3.63) is 58.1 Å². The number of thioether (sulfide) groups is 1. The Morgan fingerprint density at radius 1 is 1.05 bits per heavy atom. The summed E-state index contributed by atoms with van der Waals surface area (Å²) in [5, 5.41) is 3.63. The van der Waals surface area contributed by atoms with Crippen LogP contribution in [-0.4, -0.2) is 17.6 Å². The molecule has 0 aliphatic carbocycles. The summed E-state index contributed by atoms with van der Waals surface area (Å²) in [6.45, 7) is 0. The van der Waals surface area contributed by atoms with Crippen LogP contribution in [0.5, 0.6) is 0 Å². The van der Waals surface area contributed by atoms with Gasteiger partial charge in [-0.3, -0.25) is 9.59 Å². The summed E-state index contributed by atoms with van der Waals surface area (Å²) < 4.78 is 0. The number of para-hydroxylation sites is 1. The summed E-state index contributed by atoms with van der Waals surface area (Å²) in [5.74, 6) is -0.774. The molecule has 7 heteroatoms. The molecule has 0 aliphatic heterocycles. The number of nitrogens with one attached hydrogen (secondary N) is 1. The Morgan fingerprint density at radius 3 is 2.32 bits per heavy atom. The quantitative estimate of drug-likeness (QED) is 0.801. The van der Waals surface area contributed by atoms with Gasteiger partial charge in [0.15, 0.2) is 0 Å². The Labute approximate surface area is 142 Å². The number of carbonyl (C=O) groups is 2.